The van der Waals surface area contributed by atoms with Gasteiger partial charge in [0.25, 0.3) is 0 Å². The number of hydrogen-bond acceptors (Lipinski definition) is 6. The van der Waals surface area contributed by atoms with Gasteiger partial charge in [-0.15, -0.1) is 0 Å². The minimum absolute atomic E-state index is 0.200. The lowest BCUT2D eigenvalue weighted by Crippen LogP contribution is -2.09. The van der Waals surface area contributed by atoms with Crippen LogP contribution in [0.3, 0.4) is 0 Å². The third-order valence-electron chi connectivity index (χ3n) is 5.12. The molecule has 0 aliphatic carbocycles. The Morgan fingerprint density at radius 2 is 1.53 bits per heavy atom. The largest absolute Gasteiger partial charge is 0.497 e. The smallest absolute Gasteiger partial charge is 0.343 e. The summed E-state index contributed by atoms with van der Waals surface area (Å²) in [5, 5.41) is 0. The molecule has 0 saturated carbocycles. The number of rotatable bonds is 5. The van der Waals surface area contributed by atoms with Crippen LogP contribution in [-0.4, -0.2) is 26.0 Å². The second-order valence-electron chi connectivity index (χ2n) is 7.45. The molecule has 0 fully saturated rings. The fourth-order valence-electron chi connectivity index (χ4n) is 3.44. The number of benzene rings is 3. The summed E-state index contributed by atoms with van der Waals surface area (Å²) in [6.45, 7) is 3.78. The van der Waals surface area contributed by atoms with E-state index in [4.69, 9.17) is 18.9 Å². The molecule has 0 bridgehead atoms. The third-order valence-corrected chi connectivity index (χ3v) is 5.12. The number of aryl methyl sites for hydroxylation is 2. The Morgan fingerprint density at radius 1 is 0.875 bits per heavy atom. The van der Waals surface area contributed by atoms with E-state index in [9.17, 15) is 9.59 Å². The van der Waals surface area contributed by atoms with Gasteiger partial charge in [0.15, 0.2) is 5.76 Å². The summed E-state index contributed by atoms with van der Waals surface area (Å²) in [7, 11) is 3.01. The van der Waals surface area contributed by atoms with E-state index < -0.39 is 5.97 Å². The van der Waals surface area contributed by atoms with Gasteiger partial charge in [-0.25, -0.2) is 4.79 Å². The maximum Gasteiger partial charge on any atom is 0.343 e. The van der Waals surface area contributed by atoms with Crippen LogP contribution in [0.4, 0.5) is 0 Å². The molecule has 0 N–H and O–H groups in total. The summed E-state index contributed by atoms with van der Waals surface area (Å²) in [6, 6.07) is 15.8. The first-order valence-corrected chi connectivity index (χ1v) is 9.98. The Bertz CT molecular complexity index is 1220. The standard InChI is InChI=1S/C26H22O6/c1-15-5-7-17(8-6-15)10-23-25(27)24-16(2)9-21(14-22(24)32-23)31-26(28)18-11-19(29-3)13-20(12-18)30-4/h5-14H,1-4H3/b23-10-. The molecule has 4 rings (SSSR count). The van der Waals surface area contributed by atoms with Crippen LogP contribution < -0.4 is 18.9 Å². The van der Waals surface area contributed by atoms with Crippen LogP contribution in [0.1, 0.15) is 37.4 Å². The molecule has 6 heteroatoms. The molecule has 162 valence electrons. The highest BCUT2D eigenvalue weighted by Crippen LogP contribution is 2.38. The number of carbonyl (C=O) groups excluding carboxylic acids is 2. The molecule has 3 aromatic carbocycles. The molecule has 1 heterocycles. The number of methoxy groups -OCH3 is 2. The molecule has 1 aliphatic heterocycles. The summed E-state index contributed by atoms with van der Waals surface area (Å²) in [5.41, 5.74) is 3.39. The molecule has 6 nitrogen and oxygen atoms in total. The summed E-state index contributed by atoms with van der Waals surface area (Å²) in [4.78, 5) is 25.6. The van der Waals surface area contributed by atoms with Gasteiger partial charge in [-0.2, -0.15) is 0 Å². The predicted molar refractivity (Wildman–Crippen MR) is 120 cm³/mol. The highest BCUT2D eigenvalue weighted by atomic mass is 16.5. The van der Waals surface area contributed by atoms with E-state index in [2.05, 4.69) is 0 Å². The first kappa shape index (κ1) is 21.2. The average Bonchev–Trinajstić information content (AvgIpc) is 3.10. The zero-order chi connectivity index (χ0) is 22.8. The average molecular weight is 430 g/mol. The van der Waals surface area contributed by atoms with Crippen molar-refractivity contribution in [2.24, 2.45) is 0 Å². The van der Waals surface area contributed by atoms with Gasteiger partial charge in [0.2, 0.25) is 5.78 Å². The van der Waals surface area contributed by atoms with Crippen molar-refractivity contribution >= 4 is 17.8 Å². The first-order valence-electron chi connectivity index (χ1n) is 9.98. The van der Waals surface area contributed by atoms with Crippen molar-refractivity contribution in [2.45, 2.75) is 13.8 Å². The zero-order valence-corrected chi connectivity index (χ0v) is 18.2. The van der Waals surface area contributed by atoms with E-state index >= 15 is 0 Å². The van der Waals surface area contributed by atoms with E-state index in [-0.39, 0.29) is 22.9 Å². The molecule has 0 atom stereocenters. The van der Waals surface area contributed by atoms with Crippen LogP contribution in [0.2, 0.25) is 0 Å². The number of ketones is 1. The normalized spacial score (nSPS) is 13.5. The molecule has 3 aromatic rings. The fraction of sp³-hybridized carbons (Fsp3) is 0.154. The maximum atomic E-state index is 12.9. The molecule has 0 radical (unpaired) electrons. The van der Waals surface area contributed by atoms with E-state index in [1.165, 1.54) is 14.2 Å². The van der Waals surface area contributed by atoms with Gasteiger partial charge in [0.1, 0.15) is 23.0 Å². The zero-order valence-electron chi connectivity index (χ0n) is 18.2. The Balaban J connectivity index is 1.60. The molecule has 32 heavy (non-hydrogen) atoms. The van der Waals surface area contributed by atoms with Gasteiger partial charge in [-0.3, -0.25) is 4.79 Å². The highest BCUT2D eigenvalue weighted by Gasteiger charge is 2.30. The number of allylic oxidation sites excluding steroid dienone is 1. The molecule has 0 unspecified atom stereocenters. The second kappa shape index (κ2) is 8.59. The molecule has 0 aromatic heterocycles. The molecule has 1 aliphatic rings. The summed E-state index contributed by atoms with van der Waals surface area (Å²) >= 11 is 0. The number of hydrogen-bond donors (Lipinski definition) is 0. The number of esters is 1. The van der Waals surface area contributed by atoms with Crippen LogP contribution in [0, 0.1) is 13.8 Å². The lowest BCUT2D eigenvalue weighted by atomic mass is 10.0. The number of fused-ring (bicyclic) bond motifs is 1. The van der Waals surface area contributed by atoms with E-state index in [1.807, 2.05) is 31.2 Å². The maximum absolute atomic E-state index is 12.9. The predicted octanol–water partition coefficient (Wildman–Crippen LogP) is 5.16. The summed E-state index contributed by atoms with van der Waals surface area (Å²) < 4.78 is 21.8. The van der Waals surface area contributed by atoms with Crippen molar-refractivity contribution in [1.82, 2.24) is 0 Å². The second-order valence-corrected chi connectivity index (χ2v) is 7.45. The van der Waals surface area contributed by atoms with Gasteiger partial charge < -0.3 is 18.9 Å². The fourth-order valence-corrected chi connectivity index (χ4v) is 3.44. The Morgan fingerprint density at radius 3 is 2.16 bits per heavy atom. The number of ether oxygens (including phenoxy) is 4. The van der Waals surface area contributed by atoms with Crippen molar-refractivity contribution in [2.75, 3.05) is 14.2 Å². The topological polar surface area (TPSA) is 71.1 Å². The molecule has 0 amide bonds. The SMILES string of the molecule is COc1cc(OC)cc(C(=O)Oc2cc(C)c3c(c2)O/C(=C\c2ccc(C)cc2)C3=O)c1. The molecule has 0 spiro atoms. The van der Waals surface area contributed by atoms with Crippen LogP contribution >= 0.6 is 0 Å². The quantitative estimate of drug-likeness (QED) is 0.316. The van der Waals surface area contributed by atoms with E-state index in [0.717, 1.165) is 11.1 Å². The van der Waals surface area contributed by atoms with E-state index in [0.29, 0.717) is 28.4 Å². The minimum Gasteiger partial charge on any atom is -0.497 e. The van der Waals surface area contributed by atoms with Crippen molar-refractivity contribution in [3.8, 4) is 23.0 Å². The summed E-state index contributed by atoms with van der Waals surface area (Å²) in [5.74, 6) is 1.03. The van der Waals surface area contributed by atoms with Gasteiger partial charge in [0.05, 0.1) is 25.3 Å². The van der Waals surface area contributed by atoms with E-state index in [1.54, 1.807) is 43.3 Å². The lowest BCUT2D eigenvalue weighted by Gasteiger charge is -2.10. The van der Waals surface area contributed by atoms with Crippen LogP contribution in [0.5, 0.6) is 23.0 Å². The van der Waals surface area contributed by atoms with Crippen molar-refractivity contribution in [3.05, 3.63) is 88.2 Å². The highest BCUT2D eigenvalue weighted by molar-refractivity contribution is 6.15. The minimum atomic E-state index is -0.582. The number of Topliss-reactive ketones (excluding diaryl/α,β-unsaturated/α-hetero) is 1. The Hall–Kier alpha value is -4.06. The van der Waals surface area contributed by atoms with Crippen molar-refractivity contribution < 1.29 is 28.5 Å². The summed E-state index contributed by atoms with van der Waals surface area (Å²) in [6.07, 6.45) is 1.70. The van der Waals surface area contributed by atoms with Gasteiger partial charge in [-0.1, -0.05) is 29.8 Å². The molecular weight excluding hydrogens is 408 g/mol. The number of carbonyl (C=O) groups is 2. The molecular formula is C26H22O6. The van der Waals surface area contributed by atoms with Crippen molar-refractivity contribution in [3.63, 3.8) is 0 Å². The van der Waals surface area contributed by atoms with Crippen LogP contribution in [-0.2, 0) is 0 Å². The molecule has 0 saturated heterocycles. The van der Waals surface area contributed by atoms with Crippen molar-refractivity contribution in [1.29, 1.82) is 0 Å². The third kappa shape index (κ3) is 4.21. The van der Waals surface area contributed by atoms with Gasteiger partial charge in [-0.05, 0) is 49.2 Å². The first-order chi connectivity index (χ1) is 15.4. The van der Waals surface area contributed by atoms with Crippen LogP contribution in [0.15, 0.2) is 60.4 Å². The Kier molecular flexibility index (Phi) is 5.69. The van der Waals surface area contributed by atoms with Crippen LogP contribution in [0.25, 0.3) is 6.08 Å². The monoisotopic (exact) mass is 430 g/mol. The van der Waals surface area contributed by atoms with Gasteiger partial charge >= 0.3 is 5.97 Å². The Labute approximate surface area is 186 Å². The lowest BCUT2D eigenvalue weighted by molar-refractivity contribution is 0.0733. The van der Waals surface area contributed by atoms with Gasteiger partial charge in [0, 0.05) is 12.1 Å².